The van der Waals surface area contributed by atoms with Gasteiger partial charge in [-0.2, -0.15) is 23.5 Å². The fourth-order valence-electron chi connectivity index (χ4n) is 2.04. The number of rotatable bonds is 2. The average Bonchev–Trinajstić information content (AvgIpc) is 2.81. The van der Waals surface area contributed by atoms with E-state index >= 15 is 0 Å². The molecule has 2 saturated heterocycles. The Morgan fingerprint density at radius 3 is 2.56 bits per heavy atom. The van der Waals surface area contributed by atoms with E-state index in [2.05, 4.69) is 0 Å². The molecule has 1 amide bonds. The van der Waals surface area contributed by atoms with E-state index in [4.69, 9.17) is 5.11 Å². The summed E-state index contributed by atoms with van der Waals surface area (Å²) < 4.78 is 0. The summed E-state index contributed by atoms with van der Waals surface area (Å²) >= 11 is 3.40. The molecule has 2 aliphatic rings. The van der Waals surface area contributed by atoms with Crippen molar-refractivity contribution in [2.75, 3.05) is 29.6 Å². The van der Waals surface area contributed by atoms with Gasteiger partial charge in [0.15, 0.2) is 0 Å². The second-order valence-electron chi connectivity index (χ2n) is 4.02. The third kappa shape index (κ3) is 2.48. The largest absolute Gasteiger partial charge is 0.480 e. The van der Waals surface area contributed by atoms with Gasteiger partial charge < -0.3 is 10.0 Å². The molecule has 4 nitrogen and oxygen atoms in total. The Balaban J connectivity index is 2.04. The Morgan fingerprint density at radius 2 is 1.94 bits per heavy atom. The summed E-state index contributed by atoms with van der Waals surface area (Å²) in [5, 5.41) is 9.09. The number of thioether (sulfide) groups is 2. The van der Waals surface area contributed by atoms with Crippen molar-refractivity contribution in [1.29, 1.82) is 0 Å². The highest BCUT2D eigenvalue weighted by atomic mass is 32.2. The maximum absolute atomic E-state index is 12.2. The Bertz CT molecular complexity index is 292. The normalized spacial score (nSPS) is 30.4. The third-order valence-corrected chi connectivity index (χ3v) is 5.16. The summed E-state index contributed by atoms with van der Waals surface area (Å²) in [7, 11) is 0. The minimum absolute atomic E-state index is 0.0509. The van der Waals surface area contributed by atoms with Crippen LogP contribution < -0.4 is 0 Å². The summed E-state index contributed by atoms with van der Waals surface area (Å²) in [6.07, 6.45) is 0.902. The zero-order valence-corrected chi connectivity index (χ0v) is 10.6. The lowest BCUT2D eigenvalue weighted by Crippen LogP contribution is -2.52. The van der Waals surface area contributed by atoms with Gasteiger partial charge in [-0.1, -0.05) is 0 Å². The molecule has 2 unspecified atom stereocenters. The van der Waals surface area contributed by atoms with Gasteiger partial charge in [0.05, 0.1) is 0 Å². The minimum Gasteiger partial charge on any atom is -0.480 e. The predicted octanol–water partition coefficient (Wildman–Crippen LogP) is 0.768. The number of hydrogen-bond acceptors (Lipinski definition) is 4. The number of nitrogens with zero attached hydrogens (tertiary/aromatic N) is 1. The number of carbonyl (C=O) groups excluding carboxylic acids is 1. The van der Waals surface area contributed by atoms with Crippen LogP contribution in [0.5, 0.6) is 0 Å². The first-order valence-electron chi connectivity index (χ1n) is 5.39. The topological polar surface area (TPSA) is 57.6 Å². The van der Waals surface area contributed by atoms with Crippen LogP contribution in [0.25, 0.3) is 0 Å². The molecule has 0 aromatic rings. The molecule has 0 saturated carbocycles. The van der Waals surface area contributed by atoms with Crippen LogP contribution in [0.15, 0.2) is 0 Å². The van der Waals surface area contributed by atoms with Crippen molar-refractivity contribution in [3.8, 4) is 0 Å². The van der Waals surface area contributed by atoms with E-state index in [1.54, 1.807) is 28.4 Å². The summed E-state index contributed by atoms with van der Waals surface area (Å²) in [6.45, 7) is 0.585. The molecule has 1 N–H and O–H groups in total. The minimum atomic E-state index is -0.869. The monoisotopic (exact) mass is 261 g/mol. The number of amides is 1. The number of hydrogen-bond donors (Lipinski definition) is 1. The van der Waals surface area contributed by atoms with E-state index in [-0.39, 0.29) is 11.8 Å². The predicted molar refractivity (Wildman–Crippen MR) is 65.9 cm³/mol. The standard InChI is InChI=1S/C10H15NO3S2/c12-9(7-1-3-15-5-7)11-2-4-16-6-8(11)10(13)14/h7-8H,1-6H2,(H,13,14). The number of carboxylic acids is 1. The molecule has 2 aliphatic heterocycles. The molecule has 0 radical (unpaired) electrons. The molecule has 0 aromatic carbocycles. The van der Waals surface area contributed by atoms with Gasteiger partial charge in [0.2, 0.25) is 5.91 Å². The van der Waals surface area contributed by atoms with E-state index in [1.165, 1.54) is 0 Å². The van der Waals surface area contributed by atoms with E-state index in [0.717, 1.165) is 23.7 Å². The molecule has 2 heterocycles. The molecule has 0 aromatic heterocycles. The fourth-order valence-corrected chi connectivity index (χ4v) is 4.29. The van der Waals surface area contributed by atoms with Crippen molar-refractivity contribution in [2.45, 2.75) is 12.5 Å². The Kier molecular flexibility index (Phi) is 4.02. The van der Waals surface area contributed by atoms with Gasteiger partial charge in [-0.3, -0.25) is 4.79 Å². The molecule has 0 spiro atoms. The highest BCUT2D eigenvalue weighted by Gasteiger charge is 2.36. The summed E-state index contributed by atoms with van der Waals surface area (Å²) in [5.41, 5.74) is 0. The maximum atomic E-state index is 12.2. The molecule has 16 heavy (non-hydrogen) atoms. The molecule has 0 bridgehead atoms. The lowest BCUT2D eigenvalue weighted by atomic mass is 10.1. The van der Waals surface area contributed by atoms with E-state index in [9.17, 15) is 9.59 Å². The Labute approximate surface area is 103 Å². The van der Waals surface area contributed by atoms with Gasteiger partial charge in [0.25, 0.3) is 0 Å². The summed E-state index contributed by atoms with van der Waals surface area (Å²) in [5.74, 6) is 2.50. The van der Waals surface area contributed by atoms with Gasteiger partial charge in [0.1, 0.15) is 6.04 Å². The zero-order chi connectivity index (χ0) is 11.5. The third-order valence-electron chi connectivity index (χ3n) is 2.98. The molecule has 2 fully saturated rings. The average molecular weight is 261 g/mol. The van der Waals surface area contributed by atoms with E-state index in [0.29, 0.717) is 12.3 Å². The van der Waals surface area contributed by atoms with Crippen LogP contribution in [0.3, 0.4) is 0 Å². The van der Waals surface area contributed by atoms with Crippen molar-refractivity contribution >= 4 is 35.4 Å². The van der Waals surface area contributed by atoms with Crippen molar-refractivity contribution in [2.24, 2.45) is 5.92 Å². The molecular formula is C10H15NO3S2. The summed E-state index contributed by atoms with van der Waals surface area (Å²) in [4.78, 5) is 24.8. The smallest absolute Gasteiger partial charge is 0.327 e. The van der Waals surface area contributed by atoms with E-state index in [1.807, 2.05) is 0 Å². The molecular weight excluding hydrogens is 246 g/mol. The first kappa shape index (κ1) is 12.1. The quantitative estimate of drug-likeness (QED) is 0.795. The fraction of sp³-hybridized carbons (Fsp3) is 0.800. The van der Waals surface area contributed by atoms with Crippen LogP contribution in [-0.2, 0) is 9.59 Å². The number of carboxylic acid groups (broad SMARTS) is 1. The SMILES string of the molecule is O=C(O)C1CSCCN1C(=O)C1CCSC1. The highest BCUT2D eigenvalue weighted by molar-refractivity contribution is 7.99. The first-order chi connectivity index (χ1) is 7.70. The van der Waals surface area contributed by atoms with Crippen molar-refractivity contribution in [1.82, 2.24) is 4.90 Å². The van der Waals surface area contributed by atoms with Gasteiger partial charge in [-0.15, -0.1) is 0 Å². The van der Waals surface area contributed by atoms with Crippen molar-refractivity contribution < 1.29 is 14.7 Å². The van der Waals surface area contributed by atoms with Crippen LogP contribution >= 0.6 is 23.5 Å². The lowest BCUT2D eigenvalue weighted by Gasteiger charge is -2.34. The number of aliphatic carboxylic acids is 1. The molecule has 2 rings (SSSR count). The number of carbonyl (C=O) groups is 2. The Hall–Kier alpha value is -0.360. The van der Waals surface area contributed by atoms with Gasteiger partial charge in [0, 0.05) is 29.7 Å². The van der Waals surface area contributed by atoms with Gasteiger partial charge in [-0.05, 0) is 12.2 Å². The first-order valence-corrected chi connectivity index (χ1v) is 7.70. The summed E-state index contributed by atoms with van der Waals surface area (Å²) in [6, 6.07) is -0.614. The van der Waals surface area contributed by atoms with Crippen LogP contribution in [0.2, 0.25) is 0 Å². The second kappa shape index (κ2) is 5.31. The van der Waals surface area contributed by atoms with Crippen molar-refractivity contribution in [3.63, 3.8) is 0 Å². The van der Waals surface area contributed by atoms with Gasteiger partial charge in [-0.25, -0.2) is 4.79 Å². The van der Waals surface area contributed by atoms with Crippen molar-refractivity contribution in [3.05, 3.63) is 0 Å². The highest BCUT2D eigenvalue weighted by Crippen LogP contribution is 2.27. The molecule has 2 atom stereocenters. The van der Waals surface area contributed by atoms with Gasteiger partial charge >= 0.3 is 5.97 Å². The Morgan fingerprint density at radius 1 is 1.19 bits per heavy atom. The molecule has 0 aliphatic carbocycles. The maximum Gasteiger partial charge on any atom is 0.327 e. The molecule has 6 heteroatoms. The second-order valence-corrected chi connectivity index (χ2v) is 6.32. The lowest BCUT2D eigenvalue weighted by molar-refractivity contribution is -0.150. The van der Waals surface area contributed by atoms with Crippen LogP contribution in [0, 0.1) is 5.92 Å². The van der Waals surface area contributed by atoms with E-state index < -0.39 is 12.0 Å². The van der Waals surface area contributed by atoms with Crippen LogP contribution in [0.1, 0.15) is 6.42 Å². The zero-order valence-electron chi connectivity index (χ0n) is 8.92. The van der Waals surface area contributed by atoms with Crippen LogP contribution in [0.4, 0.5) is 0 Å². The molecule has 90 valence electrons. The van der Waals surface area contributed by atoms with Crippen LogP contribution in [-0.4, -0.2) is 57.5 Å².